The summed E-state index contributed by atoms with van der Waals surface area (Å²) in [6, 6.07) is 0. The highest BCUT2D eigenvalue weighted by atomic mass is 32.2. The molecule has 3 nitrogen and oxygen atoms in total. The highest BCUT2D eigenvalue weighted by molar-refractivity contribution is 7.98. The Bertz CT molecular complexity index is 120. The predicted octanol–water partition coefficient (Wildman–Crippen LogP) is 0.465. The van der Waals surface area contributed by atoms with E-state index < -0.39 is 0 Å². The van der Waals surface area contributed by atoms with Gasteiger partial charge >= 0.3 is 0 Å². The third-order valence-electron chi connectivity index (χ3n) is 1.38. The third-order valence-corrected chi connectivity index (χ3v) is 2.07. The van der Waals surface area contributed by atoms with Crippen molar-refractivity contribution < 1.29 is 4.79 Å². The van der Waals surface area contributed by atoms with Crippen LogP contribution in [0.3, 0.4) is 0 Å². The molecule has 0 fully saturated rings. The molecular formula is C8H18N2OS. The second-order valence-corrected chi connectivity index (χ2v) is 3.56. The van der Waals surface area contributed by atoms with E-state index in [9.17, 15) is 4.79 Å². The number of carbonyl (C=O) groups excluding carboxylic acids is 1. The van der Waals surface area contributed by atoms with Crippen LogP contribution in [0.25, 0.3) is 0 Å². The lowest BCUT2D eigenvalue weighted by Crippen LogP contribution is -2.30. The van der Waals surface area contributed by atoms with Crippen LogP contribution in [0.4, 0.5) is 0 Å². The van der Waals surface area contributed by atoms with Gasteiger partial charge < -0.3 is 10.6 Å². The van der Waals surface area contributed by atoms with E-state index in [0.717, 1.165) is 19.6 Å². The summed E-state index contributed by atoms with van der Waals surface area (Å²) in [4.78, 5) is 10.4. The molecule has 0 aromatic carbocycles. The van der Waals surface area contributed by atoms with Crippen LogP contribution >= 0.6 is 11.8 Å². The molecule has 12 heavy (non-hydrogen) atoms. The lowest BCUT2D eigenvalue weighted by atomic mass is 10.4. The minimum absolute atomic E-state index is 0.0425. The fourth-order valence-electron chi connectivity index (χ4n) is 0.793. The van der Waals surface area contributed by atoms with Crippen molar-refractivity contribution in [1.82, 2.24) is 10.6 Å². The Kier molecular flexibility index (Phi) is 8.71. The Balaban J connectivity index is 2.86. The monoisotopic (exact) mass is 190 g/mol. The van der Waals surface area contributed by atoms with Crippen LogP contribution in [-0.2, 0) is 4.79 Å². The van der Waals surface area contributed by atoms with Crippen molar-refractivity contribution in [1.29, 1.82) is 0 Å². The van der Waals surface area contributed by atoms with Gasteiger partial charge in [-0.15, -0.1) is 0 Å². The fourth-order valence-corrected chi connectivity index (χ4v) is 1.23. The Morgan fingerprint density at radius 2 is 2.08 bits per heavy atom. The van der Waals surface area contributed by atoms with E-state index >= 15 is 0 Å². The van der Waals surface area contributed by atoms with E-state index in [4.69, 9.17) is 0 Å². The summed E-state index contributed by atoms with van der Waals surface area (Å²) >= 11 is 1.86. The smallest absolute Gasteiger partial charge is 0.216 e. The van der Waals surface area contributed by atoms with E-state index in [1.54, 1.807) is 0 Å². The van der Waals surface area contributed by atoms with Gasteiger partial charge in [0.1, 0.15) is 0 Å². The van der Waals surface area contributed by atoms with E-state index in [-0.39, 0.29) is 5.91 Å². The maximum atomic E-state index is 10.4. The molecule has 0 aliphatic carbocycles. The maximum Gasteiger partial charge on any atom is 0.216 e. The highest BCUT2D eigenvalue weighted by Crippen LogP contribution is 1.92. The SMILES string of the molecule is CSCCCNCCNC(C)=O. The number of thioether (sulfide) groups is 1. The van der Waals surface area contributed by atoms with Gasteiger partial charge in [-0.05, 0) is 25.0 Å². The average Bonchev–Trinajstić information content (AvgIpc) is 2.02. The molecule has 0 unspecified atom stereocenters. The zero-order valence-electron chi connectivity index (χ0n) is 7.85. The first-order valence-corrected chi connectivity index (χ1v) is 5.61. The first-order valence-electron chi connectivity index (χ1n) is 4.21. The molecule has 4 heteroatoms. The van der Waals surface area contributed by atoms with Gasteiger partial charge in [0, 0.05) is 20.0 Å². The van der Waals surface area contributed by atoms with E-state index in [1.807, 2.05) is 11.8 Å². The average molecular weight is 190 g/mol. The van der Waals surface area contributed by atoms with Crippen molar-refractivity contribution in [2.45, 2.75) is 13.3 Å². The molecule has 0 saturated carbocycles. The van der Waals surface area contributed by atoms with Gasteiger partial charge in [-0.1, -0.05) is 0 Å². The molecule has 2 N–H and O–H groups in total. The normalized spacial score (nSPS) is 9.83. The number of hydrogen-bond donors (Lipinski definition) is 2. The highest BCUT2D eigenvalue weighted by Gasteiger charge is 1.89. The minimum Gasteiger partial charge on any atom is -0.355 e. The number of rotatable bonds is 7. The van der Waals surface area contributed by atoms with Gasteiger partial charge in [-0.3, -0.25) is 4.79 Å². The predicted molar refractivity (Wildman–Crippen MR) is 54.6 cm³/mol. The fraction of sp³-hybridized carbons (Fsp3) is 0.875. The van der Waals surface area contributed by atoms with Crippen LogP contribution in [-0.4, -0.2) is 37.6 Å². The van der Waals surface area contributed by atoms with E-state index in [2.05, 4.69) is 16.9 Å². The second-order valence-electron chi connectivity index (χ2n) is 2.58. The molecule has 0 spiro atoms. The lowest BCUT2D eigenvalue weighted by Gasteiger charge is -2.03. The van der Waals surface area contributed by atoms with Crippen LogP contribution in [0.15, 0.2) is 0 Å². The molecule has 0 saturated heterocycles. The molecule has 0 aromatic heterocycles. The van der Waals surface area contributed by atoms with Crippen molar-refractivity contribution in [3.63, 3.8) is 0 Å². The topological polar surface area (TPSA) is 41.1 Å². The Labute approximate surface area is 78.7 Å². The van der Waals surface area contributed by atoms with Gasteiger partial charge in [-0.25, -0.2) is 0 Å². The second kappa shape index (κ2) is 8.87. The number of nitrogens with one attached hydrogen (secondary N) is 2. The van der Waals surface area contributed by atoms with Crippen LogP contribution in [0.5, 0.6) is 0 Å². The Morgan fingerprint density at radius 1 is 1.33 bits per heavy atom. The first-order chi connectivity index (χ1) is 5.77. The van der Waals surface area contributed by atoms with Crippen LogP contribution in [0, 0.1) is 0 Å². The summed E-state index contributed by atoms with van der Waals surface area (Å²) in [5, 5.41) is 5.98. The summed E-state index contributed by atoms with van der Waals surface area (Å²) in [6.45, 7) is 4.18. The quantitative estimate of drug-likeness (QED) is 0.573. The van der Waals surface area contributed by atoms with Crippen LogP contribution in [0.1, 0.15) is 13.3 Å². The molecule has 0 atom stereocenters. The minimum atomic E-state index is 0.0425. The molecule has 0 radical (unpaired) electrons. The van der Waals surface area contributed by atoms with Crippen LogP contribution in [0.2, 0.25) is 0 Å². The Hall–Kier alpha value is -0.220. The lowest BCUT2D eigenvalue weighted by molar-refractivity contribution is -0.118. The summed E-state index contributed by atoms with van der Waals surface area (Å²) in [5.74, 6) is 1.24. The third kappa shape index (κ3) is 9.78. The summed E-state index contributed by atoms with van der Waals surface area (Å²) in [6.07, 6.45) is 3.30. The summed E-state index contributed by atoms with van der Waals surface area (Å²) in [7, 11) is 0. The molecule has 0 aliphatic heterocycles. The van der Waals surface area contributed by atoms with Gasteiger partial charge in [-0.2, -0.15) is 11.8 Å². The molecule has 0 aromatic rings. The first kappa shape index (κ1) is 11.8. The number of hydrogen-bond acceptors (Lipinski definition) is 3. The van der Waals surface area contributed by atoms with Crippen molar-refractivity contribution in [2.24, 2.45) is 0 Å². The largest absolute Gasteiger partial charge is 0.355 e. The van der Waals surface area contributed by atoms with Gasteiger partial charge in [0.25, 0.3) is 0 Å². The van der Waals surface area contributed by atoms with Gasteiger partial charge in [0.2, 0.25) is 5.91 Å². The van der Waals surface area contributed by atoms with Gasteiger partial charge in [0.05, 0.1) is 0 Å². The van der Waals surface area contributed by atoms with E-state index in [0.29, 0.717) is 0 Å². The molecule has 72 valence electrons. The van der Waals surface area contributed by atoms with E-state index in [1.165, 1.54) is 19.1 Å². The van der Waals surface area contributed by atoms with Crippen LogP contribution < -0.4 is 10.6 Å². The number of amides is 1. The van der Waals surface area contributed by atoms with Crippen molar-refractivity contribution in [3.8, 4) is 0 Å². The summed E-state index contributed by atoms with van der Waals surface area (Å²) < 4.78 is 0. The standard InChI is InChI=1S/C8H18N2OS/c1-8(11)10-6-5-9-4-3-7-12-2/h9H,3-7H2,1-2H3,(H,10,11). The molecule has 0 bridgehead atoms. The molecule has 0 rings (SSSR count). The maximum absolute atomic E-state index is 10.4. The molecule has 1 amide bonds. The van der Waals surface area contributed by atoms with Crippen molar-refractivity contribution in [2.75, 3.05) is 31.6 Å². The van der Waals surface area contributed by atoms with Gasteiger partial charge in [0.15, 0.2) is 0 Å². The Morgan fingerprint density at radius 3 is 2.67 bits per heavy atom. The molecule has 0 heterocycles. The van der Waals surface area contributed by atoms with Crippen molar-refractivity contribution >= 4 is 17.7 Å². The zero-order valence-corrected chi connectivity index (χ0v) is 8.67. The molecule has 0 aliphatic rings. The number of carbonyl (C=O) groups is 1. The summed E-state index contributed by atoms with van der Waals surface area (Å²) in [5.41, 5.74) is 0. The zero-order chi connectivity index (χ0) is 9.23. The molecular weight excluding hydrogens is 172 g/mol. The van der Waals surface area contributed by atoms with Crippen molar-refractivity contribution in [3.05, 3.63) is 0 Å².